The van der Waals surface area contributed by atoms with E-state index >= 15 is 0 Å². The van der Waals surface area contributed by atoms with Gasteiger partial charge in [0.05, 0.1) is 18.7 Å². The van der Waals surface area contributed by atoms with E-state index in [0.29, 0.717) is 16.7 Å². The molecule has 0 saturated carbocycles. The first-order chi connectivity index (χ1) is 14.6. The molecule has 2 N–H and O–H groups in total. The van der Waals surface area contributed by atoms with Crippen LogP contribution >= 0.6 is 0 Å². The summed E-state index contributed by atoms with van der Waals surface area (Å²) in [5.41, 5.74) is 1.49. The molecule has 0 aliphatic heterocycles. The maximum absolute atomic E-state index is 12.4. The second kappa shape index (κ2) is 12.3. The Morgan fingerprint density at radius 2 is 1.29 bits per heavy atom. The summed E-state index contributed by atoms with van der Waals surface area (Å²) in [5.74, 6) is -0.639. The zero-order valence-corrected chi connectivity index (χ0v) is 17.5. The van der Waals surface area contributed by atoms with Crippen LogP contribution in [0.2, 0.25) is 0 Å². The zero-order valence-electron chi connectivity index (χ0n) is 16.6. The summed E-state index contributed by atoms with van der Waals surface area (Å²) in [6.07, 6.45) is 15.9. The molecular formula is C24H22CuN2O4. The second-order valence-corrected chi connectivity index (χ2v) is 6.57. The topological polar surface area (TPSA) is 84.5 Å². The summed E-state index contributed by atoms with van der Waals surface area (Å²) in [7, 11) is 0. The fraction of sp³-hybridized carbons (Fsp3) is 0.125. The first-order valence-corrected chi connectivity index (χ1v) is 9.55. The molecule has 0 spiro atoms. The van der Waals surface area contributed by atoms with E-state index in [4.69, 9.17) is 4.74 Å². The van der Waals surface area contributed by atoms with Crippen molar-refractivity contribution in [2.45, 2.75) is 6.10 Å². The van der Waals surface area contributed by atoms with Gasteiger partial charge in [0, 0.05) is 40.6 Å². The van der Waals surface area contributed by atoms with E-state index in [-0.39, 0.29) is 41.7 Å². The third-order valence-corrected chi connectivity index (χ3v) is 4.33. The summed E-state index contributed by atoms with van der Waals surface area (Å²) >= 11 is 0. The molecule has 1 radical (unpaired) electrons. The first kappa shape index (κ1) is 23.9. The Morgan fingerprint density at radius 1 is 0.806 bits per heavy atom. The van der Waals surface area contributed by atoms with Gasteiger partial charge in [-0.05, 0) is 36.4 Å². The van der Waals surface area contributed by atoms with Crippen LogP contribution in [0, 0.1) is 0 Å². The van der Waals surface area contributed by atoms with Crippen molar-refractivity contribution in [3.05, 3.63) is 108 Å². The number of rotatable bonds is 8. The Labute approximate surface area is 191 Å². The van der Waals surface area contributed by atoms with E-state index in [0.717, 1.165) is 0 Å². The molecule has 1 aromatic carbocycles. The zero-order chi connectivity index (χ0) is 21.2. The minimum Gasteiger partial charge on any atom is -0.455 e. The third kappa shape index (κ3) is 7.41. The van der Waals surface area contributed by atoms with Crippen LogP contribution in [0.25, 0.3) is 0 Å². The number of ketones is 2. The molecule has 2 aliphatic carbocycles. The number of ether oxygens (including phenoxy) is 1. The Kier molecular flexibility index (Phi) is 9.49. The number of esters is 1. The molecule has 0 atom stereocenters. The van der Waals surface area contributed by atoms with Gasteiger partial charge in [0.15, 0.2) is 11.6 Å². The number of benzene rings is 1. The van der Waals surface area contributed by atoms with Crippen molar-refractivity contribution in [1.82, 2.24) is 10.6 Å². The van der Waals surface area contributed by atoms with E-state index in [1.165, 1.54) is 12.2 Å². The Bertz CT molecular complexity index is 934. The molecule has 0 saturated heterocycles. The number of allylic oxidation sites excluding steroid dienone is 10. The molecule has 1 aromatic rings. The largest absolute Gasteiger partial charge is 0.455 e. The summed E-state index contributed by atoms with van der Waals surface area (Å²) < 4.78 is 5.61. The van der Waals surface area contributed by atoms with Gasteiger partial charge < -0.3 is 15.4 Å². The van der Waals surface area contributed by atoms with E-state index in [9.17, 15) is 14.4 Å². The van der Waals surface area contributed by atoms with Crippen molar-refractivity contribution in [1.29, 1.82) is 0 Å². The minimum absolute atomic E-state index is 0. The van der Waals surface area contributed by atoms with Crippen LogP contribution in [0.4, 0.5) is 0 Å². The van der Waals surface area contributed by atoms with Crippen LogP contribution in [0.5, 0.6) is 0 Å². The molecule has 2 aliphatic rings. The average molecular weight is 466 g/mol. The Morgan fingerprint density at radius 3 is 1.77 bits per heavy atom. The standard InChI is InChI=1S/C24H22N2O4.Cu/c27-22-12-6-4-10-19(22)14-25-16-21(30-24(29)18-8-2-1-3-9-18)17-26-15-20-11-5-7-13-23(20)28;/h1-15,21,25-26H,16-17H2;. The molecule has 163 valence electrons. The smallest absolute Gasteiger partial charge is 0.338 e. The van der Waals surface area contributed by atoms with Crippen LogP contribution in [0.3, 0.4) is 0 Å². The van der Waals surface area contributed by atoms with E-state index in [1.54, 1.807) is 73.1 Å². The minimum atomic E-state index is -0.539. The van der Waals surface area contributed by atoms with Crippen molar-refractivity contribution in [3.8, 4) is 0 Å². The molecule has 6 nitrogen and oxygen atoms in total. The van der Waals surface area contributed by atoms with Crippen molar-refractivity contribution in [2.75, 3.05) is 13.1 Å². The van der Waals surface area contributed by atoms with E-state index < -0.39 is 12.1 Å². The molecule has 0 unspecified atom stereocenters. The molecule has 3 rings (SSSR count). The first-order valence-electron chi connectivity index (χ1n) is 9.55. The Hall–Kier alpha value is -3.41. The van der Waals surface area contributed by atoms with Crippen LogP contribution < -0.4 is 10.6 Å². The number of carbonyl (C=O) groups excluding carboxylic acids is 3. The predicted octanol–water partition coefficient (Wildman–Crippen LogP) is 2.55. The predicted molar refractivity (Wildman–Crippen MR) is 114 cm³/mol. The third-order valence-electron chi connectivity index (χ3n) is 4.33. The number of hydrogen-bond acceptors (Lipinski definition) is 6. The maximum atomic E-state index is 12.4. The number of nitrogens with one attached hydrogen (secondary N) is 2. The molecule has 0 aromatic heterocycles. The van der Waals surface area contributed by atoms with Crippen molar-refractivity contribution in [3.63, 3.8) is 0 Å². The molecule has 0 fully saturated rings. The van der Waals surface area contributed by atoms with Crippen molar-refractivity contribution in [2.24, 2.45) is 0 Å². The molecule has 0 heterocycles. The summed E-state index contributed by atoms with van der Waals surface area (Å²) in [4.78, 5) is 36.1. The van der Waals surface area contributed by atoms with Crippen molar-refractivity contribution >= 4 is 17.5 Å². The van der Waals surface area contributed by atoms with Crippen LogP contribution in [-0.4, -0.2) is 36.7 Å². The van der Waals surface area contributed by atoms with E-state index in [2.05, 4.69) is 10.6 Å². The quantitative estimate of drug-likeness (QED) is 0.348. The van der Waals surface area contributed by atoms with Crippen LogP contribution in [0.15, 0.2) is 102 Å². The van der Waals surface area contributed by atoms with Crippen LogP contribution in [0.1, 0.15) is 10.4 Å². The fourth-order valence-corrected chi connectivity index (χ4v) is 2.75. The van der Waals surface area contributed by atoms with Gasteiger partial charge in [-0.1, -0.05) is 42.5 Å². The van der Waals surface area contributed by atoms with E-state index in [1.807, 2.05) is 6.07 Å². The summed E-state index contributed by atoms with van der Waals surface area (Å²) in [6.45, 7) is 0.569. The van der Waals surface area contributed by atoms with Gasteiger partial charge in [-0.2, -0.15) is 0 Å². The molecule has 0 bridgehead atoms. The van der Waals surface area contributed by atoms with Crippen molar-refractivity contribution < 1.29 is 36.2 Å². The van der Waals surface area contributed by atoms with Crippen LogP contribution in [-0.2, 0) is 31.4 Å². The molecule has 7 heteroatoms. The van der Waals surface area contributed by atoms with Gasteiger partial charge in [-0.25, -0.2) is 4.79 Å². The van der Waals surface area contributed by atoms with Gasteiger partial charge in [0.2, 0.25) is 0 Å². The van der Waals surface area contributed by atoms with Gasteiger partial charge in [0.25, 0.3) is 0 Å². The van der Waals surface area contributed by atoms with Gasteiger partial charge >= 0.3 is 5.97 Å². The second-order valence-electron chi connectivity index (χ2n) is 6.57. The normalized spacial score (nSPS) is 18.1. The SMILES string of the molecule is O=C1C=CC=CC1=CNCC(CNC=C1C=CC=CC1=O)OC(=O)c1ccccc1.[Cu]. The number of carbonyl (C=O) groups is 3. The maximum Gasteiger partial charge on any atom is 0.338 e. The number of hydrogen-bond donors (Lipinski definition) is 2. The summed E-state index contributed by atoms with van der Waals surface area (Å²) in [5, 5.41) is 6.08. The average Bonchev–Trinajstić information content (AvgIpc) is 2.77. The monoisotopic (exact) mass is 465 g/mol. The molecular weight excluding hydrogens is 444 g/mol. The fourth-order valence-electron chi connectivity index (χ4n) is 2.75. The Balaban J connectivity index is 0.00000341. The van der Waals surface area contributed by atoms with Gasteiger partial charge in [0.1, 0.15) is 6.10 Å². The molecule has 0 amide bonds. The molecule has 31 heavy (non-hydrogen) atoms. The summed E-state index contributed by atoms with van der Waals surface area (Å²) in [6, 6.07) is 8.71. The van der Waals surface area contributed by atoms with Gasteiger partial charge in [-0.15, -0.1) is 0 Å². The van der Waals surface area contributed by atoms with Gasteiger partial charge in [-0.3, -0.25) is 9.59 Å².